The van der Waals surface area contributed by atoms with Crippen LogP contribution in [0.15, 0.2) is 18.2 Å². The Morgan fingerprint density at radius 1 is 1.28 bits per heavy atom. The normalized spacial score (nSPS) is 14.6. The second-order valence-corrected chi connectivity index (χ2v) is 4.84. The molecule has 3 heteroatoms. The Morgan fingerprint density at radius 3 is 2.83 bits per heavy atom. The number of aryl methyl sites for hydroxylation is 1. The third kappa shape index (κ3) is 1.70. The van der Waals surface area contributed by atoms with Gasteiger partial charge in [0.2, 0.25) is 0 Å². The second-order valence-electron chi connectivity index (χ2n) is 4.84. The lowest BCUT2D eigenvalue weighted by atomic mass is 9.88. The molecule has 0 unspecified atom stereocenters. The number of carbonyl (C=O) groups is 1. The van der Waals surface area contributed by atoms with E-state index in [1.807, 2.05) is 0 Å². The van der Waals surface area contributed by atoms with Crippen molar-refractivity contribution < 1.29 is 9.18 Å². The number of halogens is 1. The summed E-state index contributed by atoms with van der Waals surface area (Å²) in [6.07, 6.45) is 3.99. The Morgan fingerprint density at radius 2 is 2.06 bits per heavy atom. The first-order chi connectivity index (χ1) is 8.66. The summed E-state index contributed by atoms with van der Waals surface area (Å²) in [5.41, 5.74) is 3.45. The van der Waals surface area contributed by atoms with Crippen molar-refractivity contribution in [2.24, 2.45) is 0 Å². The van der Waals surface area contributed by atoms with E-state index in [9.17, 15) is 9.18 Å². The predicted octanol–water partition coefficient (Wildman–Crippen LogP) is 3.46. The summed E-state index contributed by atoms with van der Waals surface area (Å²) in [7, 11) is 0. The van der Waals surface area contributed by atoms with Crippen LogP contribution in [0.1, 0.15) is 41.4 Å². The Bertz CT molecular complexity index is 648. The van der Waals surface area contributed by atoms with Gasteiger partial charge in [0.05, 0.1) is 5.52 Å². The van der Waals surface area contributed by atoms with E-state index in [1.54, 1.807) is 13.0 Å². The zero-order valence-corrected chi connectivity index (χ0v) is 10.3. The number of nitrogens with zero attached hydrogens (tertiary/aromatic N) is 1. The maximum absolute atomic E-state index is 13.4. The summed E-state index contributed by atoms with van der Waals surface area (Å²) < 4.78 is 13.4. The van der Waals surface area contributed by atoms with Crippen LogP contribution >= 0.6 is 0 Å². The van der Waals surface area contributed by atoms with Gasteiger partial charge in [-0.15, -0.1) is 0 Å². The number of aromatic nitrogens is 1. The molecule has 0 atom stereocenters. The minimum atomic E-state index is -0.317. The summed E-state index contributed by atoms with van der Waals surface area (Å²) in [5, 5.41) is 0.656. The SMILES string of the molecule is CC(=O)c1c2c(nc3ccc(F)cc13)CCCC2. The van der Waals surface area contributed by atoms with E-state index in [1.165, 1.54) is 12.1 Å². The average molecular weight is 243 g/mol. The highest BCUT2D eigenvalue weighted by Gasteiger charge is 2.20. The number of ketones is 1. The predicted molar refractivity (Wildman–Crippen MR) is 68.3 cm³/mol. The van der Waals surface area contributed by atoms with Gasteiger partial charge < -0.3 is 0 Å². The van der Waals surface area contributed by atoms with E-state index < -0.39 is 0 Å². The minimum absolute atomic E-state index is 0.00569. The Kier molecular flexibility index (Phi) is 2.62. The van der Waals surface area contributed by atoms with Crippen molar-refractivity contribution in [2.75, 3.05) is 0 Å². The van der Waals surface area contributed by atoms with Crippen LogP contribution in [0.2, 0.25) is 0 Å². The van der Waals surface area contributed by atoms with Gasteiger partial charge in [-0.3, -0.25) is 9.78 Å². The molecule has 2 aromatic rings. The zero-order chi connectivity index (χ0) is 12.7. The molecule has 1 aliphatic carbocycles. The molecule has 0 saturated heterocycles. The number of rotatable bonds is 1. The molecule has 0 radical (unpaired) electrons. The number of fused-ring (bicyclic) bond motifs is 2. The van der Waals surface area contributed by atoms with Crippen molar-refractivity contribution in [1.82, 2.24) is 4.98 Å². The topological polar surface area (TPSA) is 30.0 Å². The highest BCUT2D eigenvalue weighted by Crippen LogP contribution is 2.29. The molecule has 0 bridgehead atoms. The quantitative estimate of drug-likeness (QED) is 0.718. The molecule has 92 valence electrons. The Labute approximate surface area is 105 Å². The fourth-order valence-electron chi connectivity index (χ4n) is 2.80. The van der Waals surface area contributed by atoms with Crippen molar-refractivity contribution >= 4 is 16.7 Å². The van der Waals surface area contributed by atoms with E-state index in [-0.39, 0.29) is 11.6 Å². The third-order valence-electron chi connectivity index (χ3n) is 3.58. The summed E-state index contributed by atoms with van der Waals surface area (Å²) in [6, 6.07) is 4.48. The first-order valence-electron chi connectivity index (χ1n) is 6.29. The highest BCUT2D eigenvalue weighted by atomic mass is 19.1. The fraction of sp³-hybridized carbons (Fsp3) is 0.333. The first-order valence-corrected chi connectivity index (χ1v) is 6.29. The van der Waals surface area contributed by atoms with E-state index in [0.29, 0.717) is 10.9 Å². The van der Waals surface area contributed by atoms with Crippen molar-refractivity contribution in [3.8, 4) is 0 Å². The smallest absolute Gasteiger partial charge is 0.160 e. The van der Waals surface area contributed by atoms with Gasteiger partial charge in [0.1, 0.15) is 5.82 Å². The molecule has 0 fully saturated rings. The molecule has 0 aliphatic heterocycles. The molecule has 0 N–H and O–H groups in total. The molecular weight excluding hydrogens is 229 g/mol. The zero-order valence-electron chi connectivity index (χ0n) is 10.3. The molecule has 0 amide bonds. The van der Waals surface area contributed by atoms with Crippen LogP contribution in [0.4, 0.5) is 4.39 Å². The van der Waals surface area contributed by atoms with Gasteiger partial charge in [-0.05, 0) is 56.4 Å². The molecule has 1 aromatic heterocycles. The van der Waals surface area contributed by atoms with Gasteiger partial charge in [-0.1, -0.05) is 0 Å². The van der Waals surface area contributed by atoms with Gasteiger partial charge in [0.15, 0.2) is 5.78 Å². The van der Waals surface area contributed by atoms with E-state index in [0.717, 1.165) is 42.5 Å². The number of pyridine rings is 1. The van der Waals surface area contributed by atoms with E-state index >= 15 is 0 Å². The number of hydrogen-bond acceptors (Lipinski definition) is 2. The lowest BCUT2D eigenvalue weighted by molar-refractivity contribution is 0.101. The van der Waals surface area contributed by atoms with Crippen LogP contribution in [-0.4, -0.2) is 10.8 Å². The van der Waals surface area contributed by atoms with Crippen LogP contribution in [0.3, 0.4) is 0 Å². The summed E-state index contributed by atoms with van der Waals surface area (Å²) >= 11 is 0. The molecule has 1 aromatic carbocycles. The van der Waals surface area contributed by atoms with Gasteiger partial charge in [-0.2, -0.15) is 0 Å². The highest BCUT2D eigenvalue weighted by molar-refractivity contribution is 6.07. The van der Waals surface area contributed by atoms with Gasteiger partial charge in [-0.25, -0.2) is 4.39 Å². The average Bonchev–Trinajstić information content (AvgIpc) is 2.35. The van der Waals surface area contributed by atoms with Crippen LogP contribution < -0.4 is 0 Å². The molecule has 0 spiro atoms. The van der Waals surface area contributed by atoms with Crippen molar-refractivity contribution in [1.29, 1.82) is 0 Å². The van der Waals surface area contributed by atoms with E-state index in [4.69, 9.17) is 0 Å². The van der Waals surface area contributed by atoms with Crippen molar-refractivity contribution in [3.05, 3.63) is 40.8 Å². The molecule has 0 saturated carbocycles. The monoisotopic (exact) mass is 243 g/mol. The first kappa shape index (κ1) is 11.3. The fourth-order valence-corrected chi connectivity index (χ4v) is 2.80. The van der Waals surface area contributed by atoms with Crippen LogP contribution in [0.5, 0.6) is 0 Å². The Balaban J connectivity index is 2.41. The summed E-state index contributed by atoms with van der Waals surface area (Å²) in [4.78, 5) is 16.5. The molecule has 18 heavy (non-hydrogen) atoms. The lowest BCUT2D eigenvalue weighted by Crippen LogP contribution is -2.12. The largest absolute Gasteiger partial charge is 0.294 e. The summed E-state index contributed by atoms with van der Waals surface area (Å²) in [5.74, 6) is -0.311. The number of benzene rings is 1. The van der Waals surface area contributed by atoms with Gasteiger partial charge in [0, 0.05) is 16.6 Å². The Hall–Kier alpha value is -1.77. The number of hydrogen-bond donors (Lipinski definition) is 0. The summed E-state index contributed by atoms with van der Waals surface area (Å²) in [6.45, 7) is 1.55. The maximum Gasteiger partial charge on any atom is 0.160 e. The van der Waals surface area contributed by atoms with Crippen molar-refractivity contribution in [3.63, 3.8) is 0 Å². The van der Waals surface area contributed by atoms with Crippen LogP contribution in [0.25, 0.3) is 10.9 Å². The number of carbonyl (C=O) groups excluding carboxylic acids is 1. The second kappa shape index (κ2) is 4.16. The molecule has 1 heterocycles. The standard InChI is InChI=1S/C15H14FNO/c1-9(18)15-11-4-2-3-5-13(11)17-14-7-6-10(16)8-12(14)15/h6-8H,2-5H2,1H3. The molecular formula is C15H14FNO. The molecule has 1 aliphatic rings. The molecule has 3 rings (SSSR count). The van der Waals surface area contributed by atoms with Crippen molar-refractivity contribution in [2.45, 2.75) is 32.6 Å². The van der Waals surface area contributed by atoms with Gasteiger partial charge in [0.25, 0.3) is 0 Å². The van der Waals surface area contributed by atoms with Crippen LogP contribution in [0, 0.1) is 5.82 Å². The van der Waals surface area contributed by atoms with E-state index in [2.05, 4.69) is 4.98 Å². The van der Waals surface area contributed by atoms with Gasteiger partial charge >= 0.3 is 0 Å². The third-order valence-corrected chi connectivity index (χ3v) is 3.58. The lowest BCUT2D eigenvalue weighted by Gasteiger charge is -2.19. The minimum Gasteiger partial charge on any atom is -0.294 e. The molecule has 2 nitrogen and oxygen atoms in total. The number of Topliss-reactive ketones (excluding diaryl/α,β-unsaturated/α-hetero) is 1. The maximum atomic E-state index is 13.4. The van der Waals surface area contributed by atoms with Crippen LogP contribution in [-0.2, 0) is 12.8 Å².